The number of nitrogens with two attached hydrogens (primary N) is 1. The van der Waals surface area contributed by atoms with E-state index in [4.69, 9.17) is 15.2 Å². The average Bonchev–Trinajstić information content (AvgIpc) is 2.49. The molecule has 0 bridgehead atoms. The van der Waals surface area contributed by atoms with Gasteiger partial charge in [0.15, 0.2) is 9.84 Å². The number of benzene rings is 1. The number of hydrogen-bond acceptors (Lipinski definition) is 5. The van der Waals surface area contributed by atoms with Crippen LogP contribution in [0.3, 0.4) is 0 Å². The molecule has 0 saturated carbocycles. The van der Waals surface area contributed by atoms with E-state index in [1.54, 1.807) is 0 Å². The van der Waals surface area contributed by atoms with Crippen LogP contribution in [0.15, 0.2) is 24.3 Å². The molecule has 1 heterocycles. The smallest absolute Gasteiger partial charge is 0.155 e. The summed E-state index contributed by atoms with van der Waals surface area (Å²) in [6.45, 7) is 3.55. The molecular weight excluding hydrogens is 290 g/mol. The van der Waals surface area contributed by atoms with Gasteiger partial charge in [-0.3, -0.25) is 0 Å². The summed E-state index contributed by atoms with van der Waals surface area (Å²) in [4.78, 5) is 0. The molecule has 21 heavy (non-hydrogen) atoms. The molecule has 1 atom stereocenters. The lowest BCUT2D eigenvalue weighted by Gasteiger charge is -2.23. The average molecular weight is 313 g/mol. The molecule has 5 nitrogen and oxygen atoms in total. The molecule has 1 saturated heterocycles. The van der Waals surface area contributed by atoms with Gasteiger partial charge in [-0.15, -0.1) is 0 Å². The summed E-state index contributed by atoms with van der Waals surface area (Å²) in [7, 11) is -3.19. The van der Waals surface area contributed by atoms with Gasteiger partial charge in [-0.2, -0.15) is 0 Å². The standard InChI is InChI=1S/C15H23NO4S/c1-2-20-13-5-3-12(4-6-13)15(16)11-21(17,18)14-7-9-19-10-8-14/h3-6,14-15H,2,7-11,16H2,1H3. The summed E-state index contributed by atoms with van der Waals surface area (Å²) < 4.78 is 35.3. The quantitative estimate of drug-likeness (QED) is 0.864. The predicted molar refractivity (Wildman–Crippen MR) is 82.2 cm³/mol. The van der Waals surface area contributed by atoms with Crippen molar-refractivity contribution in [2.45, 2.75) is 31.1 Å². The highest BCUT2D eigenvalue weighted by molar-refractivity contribution is 7.92. The highest BCUT2D eigenvalue weighted by Gasteiger charge is 2.29. The van der Waals surface area contributed by atoms with Crippen LogP contribution >= 0.6 is 0 Å². The van der Waals surface area contributed by atoms with Crippen LogP contribution in [0.2, 0.25) is 0 Å². The van der Waals surface area contributed by atoms with Gasteiger partial charge in [0.05, 0.1) is 17.6 Å². The van der Waals surface area contributed by atoms with Crippen LogP contribution in [-0.4, -0.2) is 39.2 Å². The van der Waals surface area contributed by atoms with Crippen molar-refractivity contribution >= 4 is 9.84 Å². The highest BCUT2D eigenvalue weighted by Crippen LogP contribution is 2.22. The van der Waals surface area contributed by atoms with Crippen molar-refractivity contribution in [3.63, 3.8) is 0 Å². The van der Waals surface area contributed by atoms with E-state index in [0.29, 0.717) is 32.7 Å². The minimum Gasteiger partial charge on any atom is -0.494 e. The molecule has 6 heteroatoms. The van der Waals surface area contributed by atoms with Crippen molar-refractivity contribution in [2.24, 2.45) is 5.73 Å². The largest absolute Gasteiger partial charge is 0.494 e. The maximum atomic E-state index is 12.4. The molecule has 2 N–H and O–H groups in total. The molecule has 1 aliphatic heterocycles. The van der Waals surface area contributed by atoms with Gasteiger partial charge in [-0.05, 0) is 37.5 Å². The van der Waals surface area contributed by atoms with Crippen LogP contribution in [0.4, 0.5) is 0 Å². The summed E-state index contributed by atoms with van der Waals surface area (Å²) in [5, 5.41) is -0.319. The lowest BCUT2D eigenvalue weighted by atomic mass is 10.1. The first-order valence-corrected chi connectivity index (χ1v) is 9.02. The van der Waals surface area contributed by atoms with Crippen molar-refractivity contribution in [2.75, 3.05) is 25.6 Å². The Kier molecular flexibility index (Phi) is 5.61. The highest BCUT2D eigenvalue weighted by atomic mass is 32.2. The zero-order valence-corrected chi connectivity index (χ0v) is 13.1. The third-order valence-electron chi connectivity index (χ3n) is 3.71. The van der Waals surface area contributed by atoms with Gasteiger partial charge in [0.25, 0.3) is 0 Å². The second-order valence-electron chi connectivity index (χ2n) is 5.25. The Morgan fingerprint density at radius 1 is 1.29 bits per heavy atom. The van der Waals surface area contributed by atoms with Gasteiger partial charge >= 0.3 is 0 Å². The zero-order valence-electron chi connectivity index (χ0n) is 12.3. The topological polar surface area (TPSA) is 78.6 Å². The third-order valence-corrected chi connectivity index (χ3v) is 6.02. The maximum absolute atomic E-state index is 12.4. The predicted octanol–water partition coefficient (Wildman–Crippen LogP) is 1.68. The number of sulfone groups is 1. The van der Waals surface area contributed by atoms with Crippen molar-refractivity contribution < 1.29 is 17.9 Å². The fourth-order valence-corrected chi connectivity index (χ4v) is 4.37. The molecule has 0 amide bonds. The van der Waals surface area contributed by atoms with E-state index in [-0.39, 0.29) is 11.0 Å². The van der Waals surface area contributed by atoms with Crippen LogP contribution in [0.25, 0.3) is 0 Å². The fourth-order valence-electron chi connectivity index (χ4n) is 2.50. The molecule has 1 fully saturated rings. The summed E-state index contributed by atoms with van der Waals surface area (Å²) in [6.07, 6.45) is 1.14. The Morgan fingerprint density at radius 3 is 2.48 bits per heavy atom. The molecule has 0 aliphatic carbocycles. The number of ether oxygens (including phenoxy) is 2. The Balaban J connectivity index is 2.00. The molecule has 118 valence electrons. The summed E-state index contributed by atoms with van der Waals surface area (Å²) in [5.41, 5.74) is 6.87. The zero-order chi connectivity index (χ0) is 15.3. The molecule has 1 aromatic carbocycles. The van der Waals surface area contributed by atoms with Crippen molar-refractivity contribution in [1.29, 1.82) is 0 Å². The molecule has 1 unspecified atom stereocenters. The molecule has 0 spiro atoms. The molecule has 0 aromatic heterocycles. The molecule has 1 aliphatic rings. The van der Waals surface area contributed by atoms with E-state index in [2.05, 4.69) is 0 Å². The Labute approximate surface area is 126 Å². The minimum absolute atomic E-state index is 0.0222. The van der Waals surface area contributed by atoms with Crippen LogP contribution in [0.5, 0.6) is 5.75 Å². The summed E-state index contributed by atoms with van der Waals surface area (Å²) >= 11 is 0. The first-order valence-electron chi connectivity index (χ1n) is 7.30. The Bertz CT molecular complexity index is 535. The van der Waals surface area contributed by atoms with Gasteiger partial charge in [0.1, 0.15) is 5.75 Å². The van der Waals surface area contributed by atoms with Gasteiger partial charge in [-0.25, -0.2) is 8.42 Å². The van der Waals surface area contributed by atoms with Crippen LogP contribution < -0.4 is 10.5 Å². The lowest BCUT2D eigenvalue weighted by Crippen LogP contribution is -2.34. The van der Waals surface area contributed by atoms with Crippen LogP contribution in [0.1, 0.15) is 31.4 Å². The van der Waals surface area contributed by atoms with E-state index in [1.165, 1.54) is 0 Å². The van der Waals surface area contributed by atoms with Crippen LogP contribution in [-0.2, 0) is 14.6 Å². The third kappa shape index (κ3) is 4.43. The van der Waals surface area contributed by atoms with Gasteiger partial charge in [0, 0.05) is 19.3 Å². The maximum Gasteiger partial charge on any atom is 0.155 e. The van der Waals surface area contributed by atoms with Crippen LogP contribution in [0, 0.1) is 0 Å². The van der Waals surface area contributed by atoms with Gasteiger partial charge in [0.2, 0.25) is 0 Å². The molecular formula is C15H23NO4S. The van der Waals surface area contributed by atoms with E-state index in [1.807, 2.05) is 31.2 Å². The second-order valence-corrected chi connectivity index (χ2v) is 7.58. The van der Waals surface area contributed by atoms with E-state index in [9.17, 15) is 8.42 Å². The Hall–Kier alpha value is -1.11. The normalized spacial score (nSPS) is 18.4. The molecule has 1 aromatic rings. The summed E-state index contributed by atoms with van der Waals surface area (Å²) in [5.74, 6) is 0.742. The van der Waals surface area contributed by atoms with E-state index in [0.717, 1.165) is 11.3 Å². The molecule has 0 radical (unpaired) electrons. The Morgan fingerprint density at radius 2 is 1.90 bits per heavy atom. The first-order chi connectivity index (χ1) is 10.0. The van der Waals surface area contributed by atoms with Crippen molar-refractivity contribution in [3.05, 3.63) is 29.8 Å². The van der Waals surface area contributed by atoms with Gasteiger partial charge in [-0.1, -0.05) is 12.1 Å². The number of rotatable bonds is 6. The second kappa shape index (κ2) is 7.24. The summed E-state index contributed by atoms with van der Waals surface area (Å²) in [6, 6.07) is 6.79. The van der Waals surface area contributed by atoms with E-state index < -0.39 is 15.9 Å². The fraction of sp³-hybridized carbons (Fsp3) is 0.600. The number of hydrogen-bond donors (Lipinski definition) is 1. The van der Waals surface area contributed by atoms with Crippen molar-refractivity contribution in [1.82, 2.24) is 0 Å². The lowest BCUT2D eigenvalue weighted by molar-refractivity contribution is 0.0983. The first kappa shape index (κ1) is 16.3. The minimum atomic E-state index is -3.19. The monoisotopic (exact) mass is 313 g/mol. The molecule has 2 rings (SSSR count). The SMILES string of the molecule is CCOc1ccc(C(N)CS(=O)(=O)C2CCOCC2)cc1. The van der Waals surface area contributed by atoms with Crippen molar-refractivity contribution in [3.8, 4) is 5.75 Å². The van der Waals surface area contributed by atoms with E-state index >= 15 is 0 Å². The van der Waals surface area contributed by atoms with Gasteiger partial charge < -0.3 is 15.2 Å².